The number of likely N-dealkylation sites (N-methyl/N-ethyl adjacent to an activating group) is 1. The van der Waals surface area contributed by atoms with E-state index in [0.717, 1.165) is 26.1 Å². The lowest BCUT2D eigenvalue weighted by Crippen LogP contribution is -2.41. The molecule has 3 nitrogen and oxygen atoms in total. The molecule has 0 spiro atoms. The molecule has 0 aromatic carbocycles. The van der Waals surface area contributed by atoms with Crippen LogP contribution in [0, 0.1) is 0 Å². The number of hydrogen-bond acceptors (Lipinski definition) is 3. The predicted octanol–water partition coefficient (Wildman–Crippen LogP) is 2.12. The molecular weight excluding hydrogens is 200 g/mol. The van der Waals surface area contributed by atoms with Crippen LogP contribution in [-0.2, 0) is 4.74 Å². The molecule has 0 radical (unpaired) electrons. The Morgan fingerprint density at radius 3 is 2.56 bits per heavy atom. The predicted molar refractivity (Wildman–Crippen MR) is 71.0 cm³/mol. The lowest BCUT2D eigenvalue weighted by molar-refractivity contribution is 0.166. The summed E-state index contributed by atoms with van der Waals surface area (Å²) < 4.78 is 5.06. The normalized spacial score (nSPS) is 15.4. The number of rotatable bonds is 10. The van der Waals surface area contributed by atoms with Crippen LogP contribution in [0.15, 0.2) is 0 Å². The quantitative estimate of drug-likeness (QED) is 0.582. The van der Waals surface area contributed by atoms with Gasteiger partial charge < -0.3 is 15.0 Å². The van der Waals surface area contributed by atoms with Gasteiger partial charge in [-0.05, 0) is 33.7 Å². The van der Waals surface area contributed by atoms with Crippen molar-refractivity contribution < 1.29 is 4.74 Å². The van der Waals surface area contributed by atoms with Crippen LogP contribution in [0.4, 0.5) is 0 Å². The molecule has 1 N–H and O–H groups in total. The summed E-state index contributed by atoms with van der Waals surface area (Å²) in [7, 11) is 3.95. The molecule has 0 saturated heterocycles. The van der Waals surface area contributed by atoms with Gasteiger partial charge in [0.2, 0.25) is 0 Å². The monoisotopic (exact) mass is 230 g/mol. The van der Waals surface area contributed by atoms with E-state index < -0.39 is 0 Å². The summed E-state index contributed by atoms with van der Waals surface area (Å²) in [5.74, 6) is 0. The third kappa shape index (κ3) is 8.08. The Kier molecular flexibility index (Phi) is 9.99. The van der Waals surface area contributed by atoms with Gasteiger partial charge in [0.05, 0.1) is 0 Å². The van der Waals surface area contributed by atoms with E-state index in [0.29, 0.717) is 12.1 Å². The Morgan fingerprint density at radius 1 is 1.31 bits per heavy atom. The van der Waals surface area contributed by atoms with E-state index in [9.17, 15) is 0 Å². The lowest BCUT2D eigenvalue weighted by Gasteiger charge is -2.26. The van der Waals surface area contributed by atoms with Crippen LogP contribution in [0.1, 0.15) is 40.0 Å². The Hall–Kier alpha value is -0.120. The van der Waals surface area contributed by atoms with Gasteiger partial charge in [-0.25, -0.2) is 0 Å². The molecule has 16 heavy (non-hydrogen) atoms. The number of hydrogen-bond donors (Lipinski definition) is 1. The molecule has 3 heteroatoms. The summed E-state index contributed by atoms with van der Waals surface area (Å²) in [6, 6.07) is 1.23. The molecule has 0 bridgehead atoms. The van der Waals surface area contributed by atoms with Crippen molar-refractivity contribution in [3.8, 4) is 0 Å². The fourth-order valence-electron chi connectivity index (χ4n) is 1.74. The van der Waals surface area contributed by atoms with Crippen molar-refractivity contribution in [3.05, 3.63) is 0 Å². The van der Waals surface area contributed by atoms with E-state index in [1.54, 1.807) is 7.11 Å². The van der Waals surface area contributed by atoms with Gasteiger partial charge in [-0.15, -0.1) is 0 Å². The summed E-state index contributed by atoms with van der Waals surface area (Å²) in [6.45, 7) is 9.82. The molecular formula is C13H30N2O. The molecule has 2 atom stereocenters. The summed E-state index contributed by atoms with van der Waals surface area (Å²) in [6.07, 6.45) is 3.63. The molecule has 0 aliphatic rings. The first-order chi connectivity index (χ1) is 7.61. The maximum atomic E-state index is 5.06. The second-order valence-corrected chi connectivity index (χ2v) is 4.77. The van der Waals surface area contributed by atoms with Gasteiger partial charge in [0.25, 0.3) is 0 Å². The lowest BCUT2D eigenvalue weighted by atomic mass is 10.2. The molecule has 0 aliphatic heterocycles. The summed E-state index contributed by atoms with van der Waals surface area (Å²) in [4.78, 5) is 2.39. The van der Waals surface area contributed by atoms with Gasteiger partial charge in [-0.1, -0.05) is 13.3 Å². The Balaban J connectivity index is 3.57. The van der Waals surface area contributed by atoms with Crippen molar-refractivity contribution in [1.82, 2.24) is 10.2 Å². The molecule has 0 aromatic rings. The van der Waals surface area contributed by atoms with Crippen molar-refractivity contribution in [2.75, 3.05) is 33.9 Å². The van der Waals surface area contributed by atoms with Crippen LogP contribution >= 0.6 is 0 Å². The highest BCUT2D eigenvalue weighted by atomic mass is 16.5. The van der Waals surface area contributed by atoms with E-state index in [4.69, 9.17) is 4.74 Å². The summed E-state index contributed by atoms with van der Waals surface area (Å²) >= 11 is 0. The van der Waals surface area contributed by atoms with E-state index in [1.165, 1.54) is 12.8 Å². The second kappa shape index (κ2) is 10.1. The zero-order chi connectivity index (χ0) is 12.4. The maximum Gasteiger partial charge on any atom is 0.0474 e. The third-order valence-electron chi connectivity index (χ3n) is 3.10. The molecule has 0 aliphatic carbocycles. The minimum Gasteiger partial charge on any atom is -0.385 e. The maximum absolute atomic E-state index is 5.06. The minimum atomic E-state index is 0.594. The molecule has 0 fully saturated rings. The topological polar surface area (TPSA) is 24.5 Å². The summed E-state index contributed by atoms with van der Waals surface area (Å²) in [5.41, 5.74) is 0. The van der Waals surface area contributed by atoms with E-state index in [1.807, 2.05) is 0 Å². The van der Waals surface area contributed by atoms with Crippen molar-refractivity contribution in [3.63, 3.8) is 0 Å². The molecule has 2 unspecified atom stereocenters. The van der Waals surface area contributed by atoms with Gasteiger partial charge >= 0.3 is 0 Å². The molecule has 0 amide bonds. The van der Waals surface area contributed by atoms with Crippen molar-refractivity contribution in [1.29, 1.82) is 0 Å². The largest absolute Gasteiger partial charge is 0.385 e. The molecule has 0 saturated carbocycles. The standard InChI is InChI=1S/C13H30N2O/c1-6-8-12(2)14-11-13(3)15(4)9-7-10-16-5/h12-14H,6-11H2,1-5H3. The number of nitrogens with zero attached hydrogens (tertiary/aromatic N) is 1. The zero-order valence-electron chi connectivity index (χ0n) is 11.8. The molecule has 98 valence electrons. The van der Waals surface area contributed by atoms with Crippen molar-refractivity contribution in [2.45, 2.75) is 52.1 Å². The zero-order valence-corrected chi connectivity index (χ0v) is 11.8. The highest BCUT2D eigenvalue weighted by Gasteiger charge is 2.09. The van der Waals surface area contributed by atoms with Crippen molar-refractivity contribution in [2.24, 2.45) is 0 Å². The third-order valence-corrected chi connectivity index (χ3v) is 3.10. The highest BCUT2D eigenvalue weighted by molar-refractivity contribution is 4.69. The average Bonchev–Trinajstić information content (AvgIpc) is 2.26. The SMILES string of the molecule is CCCC(C)NCC(C)N(C)CCCOC. The average molecular weight is 230 g/mol. The number of methoxy groups -OCH3 is 1. The van der Waals surface area contributed by atoms with Crippen LogP contribution in [0.2, 0.25) is 0 Å². The molecule has 0 heterocycles. The van der Waals surface area contributed by atoms with E-state index >= 15 is 0 Å². The van der Waals surface area contributed by atoms with Gasteiger partial charge in [0, 0.05) is 38.9 Å². The van der Waals surface area contributed by atoms with Crippen LogP contribution in [0.5, 0.6) is 0 Å². The van der Waals surface area contributed by atoms with Crippen LogP contribution in [0.3, 0.4) is 0 Å². The first-order valence-corrected chi connectivity index (χ1v) is 6.54. The molecule has 0 aromatic heterocycles. The smallest absolute Gasteiger partial charge is 0.0474 e. The van der Waals surface area contributed by atoms with Crippen LogP contribution in [0.25, 0.3) is 0 Å². The highest BCUT2D eigenvalue weighted by Crippen LogP contribution is 1.99. The van der Waals surface area contributed by atoms with Gasteiger partial charge in [-0.3, -0.25) is 0 Å². The summed E-state index contributed by atoms with van der Waals surface area (Å²) in [5, 5.41) is 3.58. The first kappa shape index (κ1) is 15.9. The first-order valence-electron chi connectivity index (χ1n) is 6.54. The second-order valence-electron chi connectivity index (χ2n) is 4.77. The van der Waals surface area contributed by atoms with Gasteiger partial charge in [0.15, 0.2) is 0 Å². The van der Waals surface area contributed by atoms with E-state index in [2.05, 4.69) is 38.0 Å². The fraction of sp³-hybridized carbons (Fsp3) is 1.00. The van der Waals surface area contributed by atoms with Crippen LogP contribution in [-0.4, -0.2) is 50.8 Å². The van der Waals surface area contributed by atoms with Gasteiger partial charge in [-0.2, -0.15) is 0 Å². The van der Waals surface area contributed by atoms with E-state index in [-0.39, 0.29) is 0 Å². The number of nitrogens with one attached hydrogen (secondary N) is 1. The minimum absolute atomic E-state index is 0.594. The van der Waals surface area contributed by atoms with Crippen LogP contribution < -0.4 is 5.32 Å². The Labute approximate surface area is 102 Å². The van der Waals surface area contributed by atoms with Gasteiger partial charge in [0.1, 0.15) is 0 Å². The number of ether oxygens (including phenoxy) is 1. The Bertz CT molecular complexity index is 153. The molecule has 0 rings (SSSR count). The Morgan fingerprint density at radius 2 is 2.00 bits per heavy atom. The fourth-order valence-corrected chi connectivity index (χ4v) is 1.74. The van der Waals surface area contributed by atoms with Crippen molar-refractivity contribution >= 4 is 0 Å².